The highest BCUT2D eigenvalue weighted by molar-refractivity contribution is 5.83. The zero-order valence-corrected chi connectivity index (χ0v) is 14.0. The first-order chi connectivity index (χ1) is 11.1. The van der Waals surface area contributed by atoms with Crippen molar-refractivity contribution in [3.05, 3.63) is 29.8 Å². The lowest BCUT2D eigenvalue weighted by Gasteiger charge is -2.25. The molecule has 1 saturated carbocycles. The molecule has 23 heavy (non-hydrogen) atoms. The number of ether oxygens (including phenoxy) is 1. The Balaban J connectivity index is 1.89. The van der Waals surface area contributed by atoms with E-state index in [1.165, 1.54) is 26.2 Å². The van der Waals surface area contributed by atoms with E-state index < -0.39 is 0 Å². The lowest BCUT2D eigenvalue weighted by atomic mass is 9.95. The lowest BCUT2D eigenvalue weighted by Crippen LogP contribution is -2.43. The van der Waals surface area contributed by atoms with E-state index in [4.69, 9.17) is 4.74 Å². The molecule has 0 spiro atoms. The van der Waals surface area contributed by atoms with Crippen LogP contribution in [0.5, 0.6) is 5.75 Å². The topological polar surface area (TPSA) is 58.6 Å². The average Bonchev–Trinajstić information content (AvgIpc) is 2.55. The summed E-state index contributed by atoms with van der Waals surface area (Å²) in [7, 11) is 1.62. The summed E-state index contributed by atoms with van der Waals surface area (Å²) < 4.78 is 5.13. The van der Waals surface area contributed by atoms with Gasteiger partial charge in [-0.15, -0.1) is 0 Å². The molecule has 0 aromatic heterocycles. The second kappa shape index (κ2) is 8.56. The standard InChI is InChI=1S/C18H26N2O3/c1-14(21)20(12-15-8-10-17(23-2)11-9-15)13-18(22)19-16-6-4-3-5-7-16/h8-11,16H,3-7,12-13H2,1-2H3,(H,19,22). The minimum absolute atomic E-state index is 0.0689. The number of rotatable bonds is 6. The largest absolute Gasteiger partial charge is 0.497 e. The van der Waals surface area contributed by atoms with E-state index in [0.29, 0.717) is 6.54 Å². The van der Waals surface area contributed by atoms with Gasteiger partial charge in [0.15, 0.2) is 0 Å². The third-order valence-corrected chi connectivity index (χ3v) is 4.28. The summed E-state index contributed by atoms with van der Waals surface area (Å²) in [6.07, 6.45) is 5.69. The molecule has 1 fully saturated rings. The second-order valence-corrected chi connectivity index (χ2v) is 6.13. The van der Waals surface area contributed by atoms with Gasteiger partial charge in [0.05, 0.1) is 13.7 Å². The summed E-state index contributed by atoms with van der Waals surface area (Å²) >= 11 is 0. The number of hydrogen-bond donors (Lipinski definition) is 1. The Labute approximate surface area is 138 Å². The minimum Gasteiger partial charge on any atom is -0.497 e. The van der Waals surface area contributed by atoms with Crippen LogP contribution in [-0.2, 0) is 16.1 Å². The SMILES string of the molecule is COc1ccc(CN(CC(=O)NC2CCCCC2)C(C)=O)cc1. The molecule has 126 valence electrons. The van der Waals surface area contributed by atoms with Crippen molar-refractivity contribution in [1.82, 2.24) is 10.2 Å². The van der Waals surface area contributed by atoms with E-state index in [9.17, 15) is 9.59 Å². The number of carbonyl (C=O) groups excluding carboxylic acids is 2. The molecule has 0 heterocycles. The number of hydrogen-bond acceptors (Lipinski definition) is 3. The molecule has 2 rings (SSSR count). The fourth-order valence-corrected chi connectivity index (χ4v) is 2.92. The van der Waals surface area contributed by atoms with Crippen LogP contribution in [0, 0.1) is 0 Å². The third kappa shape index (κ3) is 5.58. The molecular weight excluding hydrogens is 292 g/mol. The van der Waals surface area contributed by atoms with Crippen molar-refractivity contribution in [2.24, 2.45) is 0 Å². The number of benzene rings is 1. The smallest absolute Gasteiger partial charge is 0.239 e. The summed E-state index contributed by atoms with van der Waals surface area (Å²) in [5.74, 6) is 0.610. The van der Waals surface area contributed by atoms with Gasteiger partial charge in [-0.1, -0.05) is 31.4 Å². The molecule has 0 saturated heterocycles. The van der Waals surface area contributed by atoms with Crippen LogP contribution in [0.3, 0.4) is 0 Å². The zero-order chi connectivity index (χ0) is 16.7. The molecule has 0 unspecified atom stereocenters. The van der Waals surface area contributed by atoms with Gasteiger partial charge in [0, 0.05) is 19.5 Å². The van der Waals surface area contributed by atoms with Crippen LogP contribution in [0.1, 0.15) is 44.6 Å². The molecule has 1 aliphatic rings. The summed E-state index contributed by atoms with van der Waals surface area (Å²) in [6, 6.07) is 7.80. The minimum atomic E-state index is -0.0976. The van der Waals surface area contributed by atoms with Gasteiger partial charge in [-0.05, 0) is 30.5 Å². The third-order valence-electron chi connectivity index (χ3n) is 4.28. The predicted octanol–water partition coefficient (Wildman–Crippen LogP) is 2.49. The van der Waals surface area contributed by atoms with Crippen molar-refractivity contribution in [3.8, 4) is 5.75 Å². The van der Waals surface area contributed by atoms with E-state index in [-0.39, 0.29) is 24.4 Å². The normalized spacial score (nSPS) is 15.0. The van der Waals surface area contributed by atoms with Crippen molar-refractivity contribution < 1.29 is 14.3 Å². The molecule has 5 heteroatoms. The Morgan fingerprint density at radius 3 is 2.39 bits per heavy atom. The number of carbonyl (C=O) groups is 2. The molecule has 1 aliphatic carbocycles. The van der Waals surface area contributed by atoms with E-state index in [1.54, 1.807) is 12.0 Å². The van der Waals surface area contributed by atoms with Gasteiger partial charge in [0.1, 0.15) is 5.75 Å². The van der Waals surface area contributed by atoms with Crippen molar-refractivity contribution in [2.45, 2.75) is 51.6 Å². The highest BCUT2D eigenvalue weighted by atomic mass is 16.5. The van der Waals surface area contributed by atoms with Crippen LogP contribution >= 0.6 is 0 Å². The maximum absolute atomic E-state index is 12.2. The van der Waals surface area contributed by atoms with Crippen LogP contribution in [0.4, 0.5) is 0 Å². The summed E-state index contributed by atoms with van der Waals surface area (Å²) in [5.41, 5.74) is 0.978. The van der Waals surface area contributed by atoms with Crippen LogP contribution in [0.15, 0.2) is 24.3 Å². The molecule has 0 radical (unpaired) electrons. The van der Waals surface area contributed by atoms with E-state index in [2.05, 4.69) is 5.32 Å². The van der Waals surface area contributed by atoms with Crippen LogP contribution in [0.2, 0.25) is 0 Å². The Kier molecular flexibility index (Phi) is 6.44. The zero-order valence-electron chi connectivity index (χ0n) is 14.0. The van der Waals surface area contributed by atoms with Crippen molar-refractivity contribution in [1.29, 1.82) is 0 Å². The maximum Gasteiger partial charge on any atom is 0.239 e. The molecule has 1 N–H and O–H groups in total. The van der Waals surface area contributed by atoms with Gasteiger partial charge in [-0.25, -0.2) is 0 Å². The van der Waals surface area contributed by atoms with Gasteiger partial charge < -0.3 is 15.0 Å². The summed E-state index contributed by atoms with van der Waals surface area (Å²) in [6.45, 7) is 2.03. The molecule has 0 atom stereocenters. The monoisotopic (exact) mass is 318 g/mol. The predicted molar refractivity (Wildman–Crippen MR) is 89.1 cm³/mol. The molecular formula is C18H26N2O3. The number of methoxy groups -OCH3 is 1. The van der Waals surface area contributed by atoms with Gasteiger partial charge in [-0.2, -0.15) is 0 Å². The van der Waals surface area contributed by atoms with Crippen LogP contribution < -0.4 is 10.1 Å². The first-order valence-corrected chi connectivity index (χ1v) is 8.26. The summed E-state index contributed by atoms with van der Waals surface area (Å²) in [4.78, 5) is 25.6. The second-order valence-electron chi connectivity index (χ2n) is 6.13. The molecule has 1 aromatic carbocycles. The fraction of sp³-hybridized carbons (Fsp3) is 0.556. The van der Waals surface area contributed by atoms with E-state index in [1.807, 2.05) is 24.3 Å². The quantitative estimate of drug-likeness (QED) is 0.876. The number of nitrogens with one attached hydrogen (secondary N) is 1. The van der Waals surface area contributed by atoms with Crippen molar-refractivity contribution in [3.63, 3.8) is 0 Å². The van der Waals surface area contributed by atoms with Gasteiger partial charge in [-0.3, -0.25) is 9.59 Å². The Morgan fingerprint density at radius 2 is 1.83 bits per heavy atom. The lowest BCUT2D eigenvalue weighted by molar-refractivity contribution is -0.135. The average molecular weight is 318 g/mol. The van der Waals surface area contributed by atoms with Crippen molar-refractivity contribution in [2.75, 3.05) is 13.7 Å². The Bertz CT molecular complexity index is 522. The molecule has 1 aromatic rings. The van der Waals surface area contributed by atoms with Crippen LogP contribution in [0.25, 0.3) is 0 Å². The van der Waals surface area contributed by atoms with E-state index >= 15 is 0 Å². The number of nitrogens with zero attached hydrogens (tertiary/aromatic N) is 1. The number of amides is 2. The maximum atomic E-state index is 12.2. The van der Waals surface area contributed by atoms with E-state index in [0.717, 1.165) is 24.2 Å². The van der Waals surface area contributed by atoms with Crippen LogP contribution in [-0.4, -0.2) is 36.4 Å². The Morgan fingerprint density at radius 1 is 1.17 bits per heavy atom. The highest BCUT2D eigenvalue weighted by Gasteiger charge is 2.19. The molecule has 2 amide bonds. The molecule has 5 nitrogen and oxygen atoms in total. The van der Waals surface area contributed by atoms with Gasteiger partial charge in [0.2, 0.25) is 11.8 Å². The Hall–Kier alpha value is -2.04. The highest BCUT2D eigenvalue weighted by Crippen LogP contribution is 2.17. The first kappa shape index (κ1) is 17.3. The van der Waals surface area contributed by atoms with Crippen molar-refractivity contribution >= 4 is 11.8 Å². The first-order valence-electron chi connectivity index (χ1n) is 8.26. The molecule has 0 aliphatic heterocycles. The fourth-order valence-electron chi connectivity index (χ4n) is 2.92. The van der Waals surface area contributed by atoms with Gasteiger partial charge >= 0.3 is 0 Å². The summed E-state index contributed by atoms with van der Waals surface area (Å²) in [5, 5.41) is 3.06. The molecule has 0 bridgehead atoms. The van der Waals surface area contributed by atoms with Gasteiger partial charge in [0.25, 0.3) is 0 Å².